The molecule has 2 heteroatoms. The molecule has 0 unspecified atom stereocenters. The van der Waals surface area contributed by atoms with Crippen LogP contribution in [-0.4, -0.2) is 27.3 Å². The van der Waals surface area contributed by atoms with Crippen LogP contribution in [0.2, 0.25) is 8.87 Å². The number of rotatable bonds is 7. The fraction of sp³-hybridized carbons (Fsp3) is 1.00. The van der Waals surface area contributed by atoms with Gasteiger partial charge in [0.25, 0.3) is 0 Å². The van der Waals surface area contributed by atoms with Crippen molar-refractivity contribution in [1.82, 2.24) is 0 Å². The molecule has 0 amide bonds. The maximum atomic E-state index is 5.56. The Kier molecular flexibility index (Phi) is 9.46. The van der Waals surface area contributed by atoms with Gasteiger partial charge in [0.05, 0.1) is 0 Å². The minimum absolute atomic E-state index is 1.34. The molecule has 0 aliphatic carbocycles. The zero-order chi connectivity index (χ0) is 8.53. The fourth-order valence-electron chi connectivity index (χ4n) is 1.24. The van der Waals surface area contributed by atoms with Crippen LogP contribution < -0.4 is 0 Å². The first-order chi connectivity index (χ1) is 5.35. The summed E-state index contributed by atoms with van der Waals surface area (Å²) >= 11 is -1.40. The molecule has 0 saturated carbocycles. The van der Waals surface area contributed by atoms with Crippen molar-refractivity contribution in [2.75, 3.05) is 7.11 Å². The molecule has 0 aromatic carbocycles. The van der Waals surface area contributed by atoms with Gasteiger partial charge in [0.15, 0.2) is 0 Å². The van der Waals surface area contributed by atoms with E-state index in [1.165, 1.54) is 34.6 Å². The van der Waals surface area contributed by atoms with Crippen LogP contribution in [0.1, 0.15) is 39.5 Å². The monoisotopic (exact) mass is 266 g/mol. The standard InChI is InChI=1S/2C4H9.CH3O.Sn.H/c2*1-3-4-2;1-2;;/h2*1,3-4H2,2H3;1H3;;/q;;-1;+1;. The second kappa shape index (κ2) is 8.85. The Morgan fingerprint density at radius 2 is 1.45 bits per heavy atom. The van der Waals surface area contributed by atoms with E-state index in [4.69, 9.17) is 3.07 Å². The zero-order valence-corrected chi connectivity index (χ0v) is 11.5. The van der Waals surface area contributed by atoms with E-state index in [2.05, 4.69) is 13.8 Å². The van der Waals surface area contributed by atoms with Gasteiger partial charge in [-0.2, -0.15) is 0 Å². The molecule has 0 radical (unpaired) electrons. The van der Waals surface area contributed by atoms with Crippen LogP contribution in [0.3, 0.4) is 0 Å². The van der Waals surface area contributed by atoms with Crippen LogP contribution in [-0.2, 0) is 3.07 Å². The Morgan fingerprint density at radius 1 is 1.00 bits per heavy atom. The van der Waals surface area contributed by atoms with Gasteiger partial charge in [-0.25, -0.2) is 0 Å². The summed E-state index contributed by atoms with van der Waals surface area (Å²) in [6.07, 6.45) is 5.47. The van der Waals surface area contributed by atoms with E-state index in [-0.39, 0.29) is 0 Å². The summed E-state index contributed by atoms with van der Waals surface area (Å²) in [6.45, 7) is 4.52. The Morgan fingerprint density at radius 3 is 1.73 bits per heavy atom. The van der Waals surface area contributed by atoms with Gasteiger partial charge in [-0.3, -0.25) is 0 Å². The molecule has 11 heavy (non-hydrogen) atoms. The molecule has 0 aromatic heterocycles. The molecule has 0 saturated heterocycles. The molecule has 1 nitrogen and oxygen atoms in total. The number of hydrogen-bond acceptors (Lipinski definition) is 1. The summed E-state index contributed by atoms with van der Waals surface area (Å²) in [5.74, 6) is 0. The quantitative estimate of drug-likeness (QED) is 0.643. The van der Waals surface area contributed by atoms with E-state index < -0.39 is 20.2 Å². The summed E-state index contributed by atoms with van der Waals surface area (Å²) in [5.41, 5.74) is 0. The molecule has 0 aromatic rings. The summed E-state index contributed by atoms with van der Waals surface area (Å²) in [7, 11) is 1.92. The van der Waals surface area contributed by atoms with Gasteiger partial charge in [0.1, 0.15) is 0 Å². The van der Waals surface area contributed by atoms with Crippen molar-refractivity contribution in [1.29, 1.82) is 0 Å². The van der Waals surface area contributed by atoms with Crippen molar-refractivity contribution in [2.45, 2.75) is 48.4 Å². The minimum atomic E-state index is -1.40. The molecular formula is C9H22OSn. The van der Waals surface area contributed by atoms with Gasteiger partial charge in [-0.05, 0) is 0 Å². The Bertz CT molecular complexity index is 68.0. The van der Waals surface area contributed by atoms with Gasteiger partial charge >= 0.3 is 78.8 Å². The predicted molar refractivity (Wildman–Crippen MR) is 53.6 cm³/mol. The summed E-state index contributed by atoms with van der Waals surface area (Å²) < 4.78 is 8.47. The molecule has 0 heterocycles. The zero-order valence-electron chi connectivity index (χ0n) is 8.23. The van der Waals surface area contributed by atoms with E-state index in [9.17, 15) is 0 Å². The average molecular weight is 265 g/mol. The van der Waals surface area contributed by atoms with Crippen LogP contribution in [0.5, 0.6) is 0 Å². The molecule has 0 rings (SSSR count). The first-order valence-corrected chi connectivity index (χ1v) is 10.9. The van der Waals surface area contributed by atoms with Gasteiger partial charge in [0, 0.05) is 0 Å². The van der Waals surface area contributed by atoms with Gasteiger partial charge in [-0.1, -0.05) is 0 Å². The normalized spacial score (nSPS) is 10.9. The van der Waals surface area contributed by atoms with Crippen LogP contribution in [0, 0.1) is 0 Å². The average Bonchev–Trinajstić information content (AvgIpc) is 2.05. The Hall–Kier alpha value is 0.759. The molecule has 0 fully saturated rings. The topological polar surface area (TPSA) is 9.23 Å². The second-order valence-corrected chi connectivity index (χ2v) is 11.3. The van der Waals surface area contributed by atoms with Crippen molar-refractivity contribution >= 4 is 20.2 Å². The van der Waals surface area contributed by atoms with Gasteiger partial charge in [-0.15, -0.1) is 0 Å². The molecule has 0 spiro atoms. The Balaban J connectivity index is 3.25. The van der Waals surface area contributed by atoms with E-state index in [1.807, 2.05) is 7.11 Å². The predicted octanol–water partition coefficient (Wildman–Crippen LogP) is 2.96. The van der Waals surface area contributed by atoms with Crippen LogP contribution in [0.25, 0.3) is 0 Å². The summed E-state index contributed by atoms with van der Waals surface area (Å²) in [5, 5.41) is 0. The second-order valence-electron chi connectivity index (χ2n) is 3.14. The maximum absolute atomic E-state index is 5.56. The van der Waals surface area contributed by atoms with Crippen LogP contribution >= 0.6 is 0 Å². The number of unbranched alkanes of at least 4 members (excludes halogenated alkanes) is 2. The van der Waals surface area contributed by atoms with Crippen molar-refractivity contribution in [3.63, 3.8) is 0 Å². The molecule has 0 aliphatic rings. The number of hydrogen-bond donors (Lipinski definition) is 0. The molecule has 0 bridgehead atoms. The first-order valence-electron chi connectivity index (χ1n) is 4.87. The molecule has 0 aliphatic heterocycles. The molecular weight excluding hydrogens is 243 g/mol. The van der Waals surface area contributed by atoms with Crippen LogP contribution in [0.15, 0.2) is 0 Å². The SMILES string of the molecule is CCC[CH2][SnH]([CH2]CCC)[O]C. The van der Waals surface area contributed by atoms with Crippen molar-refractivity contribution in [2.24, 2.45) is 0 Å². The molecule has 0 atom stereocenters. The van der Waals surface area contributed by atoms with E-state index >= 15 is 0 Å². The Labute approximate surface area is 78.8 Å². The van der Waals surface area contributed by atoms with Gasteiger partial charge < -0.3 is 0 Å². The third kappa shape index (κ3) is 7.13. The summed E-state index contributed by atoms with van der Waals surface area (Å²) in [4.78, 5) is 0. The van der Waals surface area contributed by atoms with Crippen LogP contribution in [0.4, 0.5) is 0 Å². The molecule has 0 N–H and O–H groups in total. The van der Waals surface area contributed by atoms with E-state index in [0.29, 0.717) is 0 Å². The first kappa shape index (κ1) is 11.8. The van der Waals surface area contributed by atoms with Crippen molar-refractivity contribution < 1.29 is 3.07 Å². The van der Waals surface area contributed by atoms with Crippen molar-refractivity contribution in [3.05, 3.63) is 0 Å². The molecule has 68 valence electrons. The summed E-state index contributed by atoms with van der Waals surface area (Å²) in [6, 6.07) is 0. The van der Waals surface area contributed by atoms with E-state index in [1.54, 1.807) is 0 Å². The van der Waals surface area contributed by atoms with Gasteiger partial charge in [0.2, 0.25) is 0 Å². The third-order valence-corrected chi connectivity index (χ3v) is 10.0. The van der Waals surface area contributed by atoms with Crippen molar-refractivity contribution in [3.8, 4) is 0 Å². The fourth-order valence-corrected chi connectivity index (χ4v) is 8.34. The third-order valence-electron chi connectivity index (χ3n) is 2.09. The van der Waals surface area contributed by atoms with E-state index in [0.717, 1.165) is 0 Å².